The molecule has 140 valence electrons. The number of carbonyl (C=O) groups excluding carboxylic acids is 1. The van der Waals surface area contributed by atoms with Gasteiger partial charge < -0.3 is 5.32 Å². The zero-order valence-electron chi connectivity index (χ0n) is 15.2. The lowest BCUT2D eigenvalue weighted by Gasteiger charge is -2.26. The number of rotatable bonds is 4. The highest BCUT2D eigenvalue weighted by molar-refractivity contribution is 7.10. The molecule has 5 rings (SSSR count). The van der Waals surface area contributed by atoms with E-state index in [4.69, 9.17) is 0 Å². The number of carbonyl (C=O) groups is 1. The van der Waals surface area contributed by atoms with Crippen molar-refractivity contribution in [2.24, 2.45) is 0 Å². The summed E-state index contributed by atoms with van der Waals surface area (Å²) in [6.45, 7) is 0. The first-order valence-corrected chi connectivity index (χ1v) is 10.3. The van der Waals surface area contributed by atoms with Gasteiger partial charge in [-0.15, -0.1) is 21.5 Å². The minimum absolute atomic E-state index is 0.0896. The minimum Gasteiger partial charge on any atom is -0.325 e. The van der Waals surface area contributed by atoms with Gasteiger partial charge >= 0.3 is 0 Å². The highest BCUT2D eigenvalue weighted by Crippen LogP contribution is 2.44. The molecule has 1 fully saturated rings. The van der Waals surface area contributed by atoms with Crippen molar-refractivity contribution in [2.45, 2.75) is 31.1 Å². The second-order valence-corrected chi connectivity index (χ2v) is 8.10. The van der Waals surface area contributed by atoms with E-state index in [2.05, 4.69) is 32.1 Å². The molecule has 6 nitrogen and oxygen atoms in total. The molecule has 1 aliphatic carbocycles. The fourth-order valence-electron chi connectivity index (χ4n) is 4.00. The Hall–Kier alpha value is -3.06. The van der Waals surface area contributed by atoms with Crippen LogP contribution in [0.3, 0.4) is 0 Å². The van der Waals surface area contributed by atoms with Crippen LogP contribution in [0.25, 0.3) is 16.9 Å². The van der Waals surface area contributed by atoms with E-state index < -0.39 is 5.41 Å². The number of amides is 1. The molecule has 1 N–H and O–H groups in total. The van der Waals surface area contributed by atoms with Crippen LogP contribution in [0, 0.1) is 0 Å². The first-order valence-electron chi connectivity index (χ1n) is 9.38. The van der Waals surface area contributed by atoms with Gasteiger partial charge in [-0.25, -0.2) is 0 Å². The number of hydrogen-bond acceptors (Lipinski definition) is 5. The molecule has 3 heterocycles. The summed E-state index contributed by atoms with van der Waals surface area (Å²) < 4.78 is 1.64. The fraction of sp³-hybridized carbons (Fsp3) is 0.238. The molecule has 0 radical (unpaired) electrons. The van der Waals surface area contributed by atoms with Gasteiger partial charge in [0.2, 0.25) is 5.91 Å². The summed E-state index contributed by atoms with van der Waals surface area (Å²) in [6.07, 6.45) is 5.58. The standard InChI is InChI=1S/C21H19N5OS/c27-20(21(10-1-2-11-21)18-7-4-12-28-18)23-16-6-3-5-15(13-16)17-8-9-19-24-22-14-26(19)25-17/h3-9,12-14H,1-2,10-11H2,(H,23,27). The van der Waals surface area contributed by atoms with Crippen LogP contribution in [0.5, 0.6) is 0 Å². The molecular formula is C21H19N5OS. The van der Waals surface area contributed by atoms with Crippen molar-refractivity contribution < 1.29 is 4.79 Å². The summed E-state index contributed by atoms with van der Waals surface area (Å²) in [4.78, 5) is 14.4. The van der Waals surface area contributed by atoms with Crippen molar-refractivity contribution in [1.82, 2.24) is 19.8 Å². The van der Waals surface area contributed by atoms with E-state index in [1.54, 1.807) is 22.2 Å². The monoisotopic (exact) mass is 389 g/mol. The van der Waals surface area contributed by atoms with E-state index in [1.807, 2.05) is 42.5 Å². The third-order valence-electron chi connectivity index (χ3n) is 5.46. The average Bonchev–Trinajstić information content (AvgIpc) is 3.49. The molecule has 28 heavy (non-hydrogen) atoms. The van der Waals surface area contributed by atoms with Crippen LogP contribution in [-0.4, -0.2) is 25.7 Å². The van der Waals surface area contributed by atoms with Crippen LogP contribution in [-0.2, 0) is 10.2 Å². The van der Waals surface area contributed by atoms with Crippen molar-refractivity contribution in [2.75, 3.05) is 5.32 Å². The number of benzene rings is 1. The molecule has 3 aromatic heterocycles. The first-order chi connectivity index (χ1) is 13.7. The molecule has 0 atom stereocenters. The Bertz CT molecular complexity index is 1130. The summed E-state index contributed by atoms with van der Waals surface area (Å²) in [7, 11) is 0. The first kappa shape index (κ1) is 17.1. The van der Waals surface area contributed by atoms with Gasteiger partial charge in [0, 0.05) is 16.1 Å². The summed E-state index contributed by atoms with van der Waals surface area (Å²) in [5, 5.41) is 17.6. The van der Waals surface area contributed by atoms with Gasteiger partial charge in [-0.1, -0.05) is 31.0 Å². The largest absolute Gasteiger partial charge is 0.325 e. The predicted octanol–water partition coefficient (Wildman–Crippen LogP) is 4.30. The molecule has 0 bridgehead atoms. The molecule has 0 saturated heterocycles. The smallest absolute Gasteiger partial charge is 0.235 e. The highest BCUT2D eigenvalue weighted by Gasteiger charge is 2.43. The Morgan fingerprint density at radius 3 is 2.82 bits per heavy atom. The molecular weight excluding hydrogens is 370 g/mol. The van der Waals surface area contributed by atoms with Crippen molar-refractivity contribution >= 4 is 28.6 Å². The predicted molar refractivity (Wildman–Crippen MR) is 109 cm³/mol. The van der Waals surface area contributed by atoms with Gasteiger partial charge in [-0.2, -0.15) is 9.61 Å². The van der Waals surface area contributed by atoms with Gasteiger partial charge in [0.15, 0.2) is 5.65 Å². The van der Waals surface area contributed by atoms with E-state index in [1.165, 1.54) is 4.88 Å². The normalized spacial score (nSPS) is 15.7. The van der Waals surface area contributed by atoms with Gasteiger partial charge in [-0.05, 0) is 48.6 Å². The van der Waals surface area contributed by atoms with E-state index in [0.29, 0.717) is 5.65 Å². The molecule has 0 spiro atoms. The maximum absolute atomic E-state index is 13.3. The second kappa shape index (κ2) is 6.83. The van der Waals surface area contributed by atoms with Crippen LogP contribution in [0.2, 0.25) is 0 Å². The summed E-state index contributed by atoms with van der Waals surface area (Å²) in [5.74, 6) is 0.0896. The molecule has 1 amide bonds. The lowest BCUT2D eigenvalue weighted by Crippen LogP contribution is -2.37. The Kier molecular flexibility index (Phi) is 4.16. The number of hydrogen-bond donors (Lipinski definition) is 1. The van der Waals surface area contributed by atoms with Gasteiger partial charge in [0.1, 0.15) is 6.33 Å². The second-order valence-electron chi connectivity index (χ2n) is 7.15. The van der Waals surface area contributed by atoms with Crippen LogP contribution in [0.1, 0.15) is 30.6 Å². The van der Waals surface area contributed by atoms with Crippen LogP contribution in [0.15, 0.2) is 60.2 Å². The molecule has 4 aromatic rings. The third-order valence-corrected chi connectivity index (χ3v) is 6.54. The van der Waals surface area contributed by atoms with Crippen LogP contribution >= 0.6 is 11.3 Å². The SMILES string of the molecule is O=C(Nc1cccc(-c2ccc3nncn3n2)c1)C1(c2cccs2)CCCC1. The number of anilines is 1. The van der Waals surface area contributed by atoms with E-state index in [-0.39, 0.29) is 5.91 Å². The zero-order valence-corrected chi connectivity index (χ0v) is 16.0. The highest BCUT2D eigenvalue weighted by atomic mass is 32.1. The third kappa shape index (κ3) is 2.88. The minimum atomic E-state index is -0.399. The molecule has 1 aliphatic rings. The van der Waals surface area contributed by atoms with Crippen LogP contribution < -0.4 is 5.32 Å². The summed E-state index contributed by atoms with van der Waals surface area (Å²) in [5.41, 5.74) is 2.83. The van der Waals surface area contributed by atoms with Gasteiger partial charge in [0.25, 0.3) is 0 Å². The maximum atomic E-state index is 13.3. The average molecular weight is 389 g/mol. The Morgan fingerprint density at radius 1 is 1.11 bits per heavy atom. The number of nitrogens with zero attached hydrogens (tertiary/aromatic N) is 4. The number of aromatic nitrogens is 4. The van der Waals surface area contributed by atoms with Crippen LogP contribution in [0.4, 0.5) is 5.69 Å². The van der Waals surface area contributed by atoms with Crippen molar-refractivity contribution in [3.05, 3.63) is 65.1 Å². The quantitative estimate of drug-likeness (QED) is 0.565. The van der Waals surface area contributed by atoms with E-state index in [0.717, 1.165) is 42.6 Å². The number of nitrogens with one attached hydrogen (secondary N) is 1. The molecule has 7 heteroatoms. The maximum Gasteiger partial charge on any atom is 0.235 e. The number of fused-ring (bicyclic) bond motifs is 1. The summed E-state index contributed by atoms with van der Waals surface area (Å²) >= 11 is 1.67. The van der Waals surface area contributed by atoms with Crippen molar-refractivity contribution in [3.63, 3.8) is 0 Å². The van der Waals surface area contributed by atoms with E-state index >= 15 is 0 Å². The Morgan fingerprint density at radius 2 is 2.00 bits per heavy atom. The number of thiophene rings is 1. The fourth-order valence-corrected chi connectivity index (χ4v) is 4.99. The lowest BCUT2D eigenvalue weighted by atomic mass is 9.83. The molecule has 1 saturated carbocycles. The van der Waals surface area contributed by atoms with Gasteiger partial charge in [0.05, 0.1) is 11.1 Å². The van der Waals surface area contributed by atoms with Crippen molar-refractivity contribution in [1.29, 1.82) is 0 Å². The zero-order chi connectivity index (χ0) is 19.0. The van der Waals surface area contributed by atoms with Crippen molar-refractivity contribution in [3.8, 4) is 11.3 Å². The Balaban J connectivity index is 1.44. The lowest BCUT2D eigenvalue weighted by molar-refractivity contribution is -0.121. The molecule has 0 aliphatic heterocycles. The topological polar surface area (TPSA) is 72.2 Å². The Labute approximate surface area is 166 Å². The molecule has 0 unspecified atom stereocenters. The summed E-state index contributed by atoms with van der Waals surface area (Å²) in [6, 6.07) is 15.7. The molecule has 1 aromatic carbocycles. The van der Waals surface area contributed by atoms with Gasteiger partial charge in [-0.3, -0.25) is 4.79 Å². The van der Waals surface area contributed by atoms with E-state index in [9.17, 15) is 4.79 Å².